The molecule has 1 atom stereocenters. The summed E-state index contributed by atoms with van der Waals surface area (Å²) < 4.78 is 14.3. The van der Waals surface area contributed by atoms with E-state index in [9.17, 15) is 9.18 Å². The largest absolute Gasteiger partial charge is 0.361 e. The third-order valence-electron chi connectivity index (χ3n) is 4.80. The van der Waals surface area contributed by atoms with Crippen molar-refractivity contribution in [2.45, 2.75) is 45.1 Å². The van der Waals surface area contributed by atoms with Crippen molar-refractivity contribution in [2.24, 2.45) is 0 Å². The highest BCUT2D eigenvalue weighted by atomic mass is 19.1. The summed E-state index contributed by atoms with van der Waals surface area (Å²) in [5.41, 5.74) is 3.04. The lowest BCUT2D eigenvalue weighted by Gasteiger charge is -2.39. The number of para-hydroxylation sites is 1. The number of hydrogen-bond donors (Lipinski definition) is 0. The van der Waals surface area contributed by atoms with Crippen molar-refractivity contribution in [2.75, 3.05) is 11.4 Å². The van der Waals surface area contributed by atoms with Crippen molar-refractivity contribution in [3.8, 4) is 0 Å². The summed E-state index contributed by atoms with van der Waals surface area (Å²) in [6, 6.07) is 15.0. The Morgan fingerprint density at radius 2 is 1.92 bits per heavy atom. The van der Waals surface area contributed by atoms with Gasteiger partial charge in [0, 0.05) is 19.4 Å². The fraction of sp³-hybridized carbons (Fsp3) is 0.381. The van der Waals surface area contributed by atoms with E-state index in [1.807, 2.05) is 24.3 Å². The molecule has 0 spiro atoms. The van der Waals surface area contributed by atoms with E-state index in [2.05, 4.69) is 24.0 Å². The summed E-state index contributed by atoms with van der Waals surface area (Å²) in [6.45, 7) is 2.83. The maximum absolute atomic E-state index is 14.3. The molecule has 1 aliphatic rings. The molecule has 2 aromatic carbocycles. The fourth-order valence-electron chi connectivity index (χ4n) is 3.54. The average Bonchev–Trinajstić information content (AvgIpc) is 2.61. The minimum Gasteiger partial charge on any atom is -0.361 e. The number of halogens is 1. The van der Waals surface area contributed by atoms with Crippen LogP contribution in [0.5, 0.6) is 0 Å². The molecule has 0 saturated heterocycles. The molecular weight excluding hydrogens is 301 g/mol. The number of nitrogens with zero attached hydrogens (tertiary/aromatic N) is 1. The second-order valence-corrected chi connectivity index (χ2v) is 6.46. The predicted molar refractivity (Wildman–Crippen MR) is 95.8 cm³/mol. The van der Waals surface area contributed by atoms with Gasteiger partial charge in [0.05, 0.1) is 11.7 Å². The molecule has 0 fully saturated rings. The molecule has 0 saturated carbocycles. The lowest BCUT2D eigenvalue weighted by molar-refractivity contribution is -0.119. The first-order valence-electron chi connectivity index (χ1n) is 8.81. The molecule has 0 amide bonds. The molecule has 0 radical (unpaired) electrons. The van der Waals surface area contributed by atoms with Gasteiger partial charge in [-0.1, -0.05) is 49.7 Å². The molecule has 1 heterocycles. The third-order valence-corrected chi connectivity index (χ3v) is 4.80. The molecule has 1 aliphatic heterocycles. The summed E-state index contributed by atoms with van der Waals surface area (Å²) in [4.78, 5) is 14.5. The summed E-state index contributed by atoms with van der Waals surface area (Å²) in [5, 5.41) is 0. The highest BCUT2D eigenvalue weighted by Gasteiger charge is 2.30. The van der Waals surface area contributed by atoms with Gasteiger partial charge in [-0.2, -0.15) is 0 Å². The Morgan fingerprint density at radius 3 is 2.71 bits per heavy atom. The van der Waals surface area contributed by atoms with Gasteiger partial charge in [-0.25, -0.2) is 4.39 Å². The third kappa shape index (κ3) is 3.50. The van der Waals surface area contributed by atoms with Gasteiger partial charge in [0.1, 0.15) is 11.6 Å². The van der Waals surface area contributed by atoms with Gasteiger partial charge in [-0.05, 0) is 36.1 Å². The van der Waals surface area contributed by atoms with Crippen molar-refractivity contribution < 1.29 is 9.18 Å². The Bertz CT molecular complexity index is 712. The topological polar surface area (TPSA) is 20.3 Å². The van der Waals surface area contributed by atoms with Gasteiger partial charge >= 0.3 is 0 Å². The van der Waals surface area contributed by atoms with E-state index in [1.54, 1.807) is 6.07 Å². The number of fused-ring (bicyclic) bond motifs is 1. The van der Waals surface area contributed by atoms with Gasteiger partial charge < -0.3 is 4.90 Å². The zero-order valence-electron chi connectivity index (χ0n) is 14.2. The number of benzene rings is 2. The number of unbranched alkanes of at least 4 members (excludes halogenated alkanes) is 1. The van der Waals surface area contributed by atoms with Crippen LogP contribution in [0, 0.1) is 5.82 Å². The van der Waals surface area contributed by atoms with E-state index < -0.39 is 0 Å². The highest BCUT2D eigenvalue weighted by molar-refractivity contribution is 5.80. The maximum atomic E-state index is 14.3. The monoisotopic (exact) mass is 325 g/mol. The number of ketones is 1. The minimum atomic E-state index is -0.220. The molecule has 2 aromatic rings. The van der Waals surface area contributed by atoms with E-state index >= 15 is 0 Å². The van der Waals surface area contributed by atoms with Crippen LogP contribution >= 0.6 is 0 Å². The molecule has 3 rings (SSSR count). The summed E-state index contributed by atoms with van der Waals surface area (Å²) in [7, 11) is 0. The Labute approximate surface area is 143 Å². The average molecular weight is 325 g/mol. The predicted octanol–water partition coefficient (Wildman–Crippen LogP) is 5.08. The van der Waals surface area contributed by atoms with E-state index in [0.29, 0.717) is 18.5 Å². The molecule has 3 heteroatoms. The lowest BCUT2D eigenvalue weighted by atomic mass is 9.88. The second kappa shape index (κ2) is 7.61. The van der Waals surface area contributed by atoms with Crippen molar-refractivity contribution in [1.82, 2.24) is 0 Å². The zero-order chi connectivity index (χ0) is 16.9. The number of carbonyl (C=O) groups is 1. The first-order valence-corrected chi connectivity index (χ1v) is 8.81. The molecule has 0 aliphatic carbocycles. The van der Waals surface area contributed by atoms with Crippen LogP contribution in [-0.4, -0.2) is 12.3 Å². The summed E-state index contributed by atoms with van der Waals surface area (Å²) >= 11 is 0. The van der Waals surface area contributed by atoms with Gasteiger partial charge in [-0.15, -0.1) is 0 Å². The number of Topliss-reactive ketones (excluding diaryl/α,β-unsaturated/α-hetero) is 1. The Kier molecular flexibility index (Phi) is 5.29. The Balaban J connectivity index is 1.93. The Morgan fingerprint density at radius 1 is 1.17 bits per heavy atom. The molecule has 0 bridgehead atoms. The normalized spacial score (nSPS) is 16.8. The minimum absolute atomic E-state index is 0.0730. The smallest absolute Gasteiger partial charge is 0.146 e. The molecular formula is C21H24FNO. The van der Waals surface area contributed by atoms with Gasteiger partial charge in [0.2, 0.25) is 0 Å². The first kappa shape index (κ1) is 16.7. The van der Waals surface area contributed by atoms with Crippen molar-refractivity contribution >= 4 is 11.5 Å². The van der Waals surface area contributed by atoms with Crippen LogP contribution in [0.25, 0.3) is 0 Å². The van der Waals surface area contributed by atoms with Crippen LogP contribution in [0.2, 0.25) is 0 Å². The van der Waals surface area contributed by atoms with Gasteiger partial charge in [-0.3, -0.25) is 4.79 Å². The molecule has 0 N–H and O–H groups in total. The summed E-state index contributed by atoms with van der Waals surface area (Å²) in [5.74, 6) is 0.0442. The first-order chi connectivity index (χ1) is 11.7. The van der Waals surface area contributed by atoms with Crippen molar-refractivity contribution in [1.29, 1.82) is 0 Å². The van der Waals surface area contributed by atoms with E-state index in [-0.39, 0.29) is 17.6 Å². The maximum Gasteiger partial charge on any atom is 0.146 e. The fourth-order valence-corrected chi connectivity index (χ4v) is 3.54. The van der Waals surface area contributed by atoms with Crippen LogP contribution in [0.1, 0.15) is 49.8 Å². The lowest BCUT2D eigenvalue weighted by Crippen LogP contribution is -2.37. The number of hydrogen-bond acceptors (Lipinski definition) is 2. The molecule has 1 unspecified atom stereocenters. The second-order valence-electron chi connectivity index (χ2n) is 6.46. The Hall–Kier alpha value is -2.16. The van der Waals surface area contributed by atoms with Gasteiger partial charge in [0.15, 0.2) is 0 Å². The number of rotatable bonds is 6. The standard InChI is InChI=1S/C21H24FNO/c1-2-3-9-17(24)15-21-18-10-5-4-8-16(18)13-14-23(21)20-12-7-6-11-19(20)22/h4-8,10-12,21H,2-3,9,13-15H2,1H3. The SMILES string of the molecule is CCCCC(=O)CC1c2ccccc2CCN1c1ccccc1F. The molecule has 2 nitrogen and oxygen atoms in total. The van der Waals surface area contributed by atoms with Crippen LogP contribution in [0.15, 0.2) is 48.5 Å². The van der Waals surface area contributed by atoms with Crippen molar-refractivity contribution in [3.63, 3.8) is 0 Å². The van der Waals surface area contributed by atoms with Crippen LogP contribution in [-0.2, 0) is 11.2 Å². The van der Waals surface area contributed by atoms with Crippen molar-refractivity contribution in [3.05, 3.63) is 65.5 Å². The van der Waals surface area contributed by atoms with Gasteiger partial charge in [0.25, 0.3) is 0 Å². The van der Waals surface area contributed by atoms with Crippen LogP contribution in [0.3, 0.4) is 0 Å². The summed E-state index contributed by atoms with van der Waals surface area (Å²) in [6.07, 6.45) is 3.88. The molecule has 24 heavy (non-hydrogen) atoms. The quantitative estimate of drug-likeness (QED) is 0.738. The highest BCUT2D eigenvalue weighted by Crippen LogP contribution is 2.37. The zero-order valence-corrected chi connectivity index (χ0v) is 14.2. The number of carbonyl (C=O) groups excluding carboxylic acids is 1. The van der Waals surface area contributed by atoms with Crippen LogP contribution in [0.4, 0.5) is 10.1 Å². The van der Waals surface area contributed by atoms with E-state index in [0.717, 1.165) is 31.4 Å². The van der Waals surface area contributed by atoms with E-state index in [1.165, 1.54) is 11.6 Å². The molecule has 126 valence electrons. The van der Waals surface area contributed by atoms with E-state index in [4.69, 9.17) is 0 Å². The van der Waals surface area contributed by atoms with Crippen LogP contribution < -0.4 is 4.90 Å². The number of anilines is 1. The molecule has 0 aromatic heterocycles.